The molecule has 2 aromatic rings. The standard InChI is InChI=1S/C23H27F3N2O3/c1-17-4-3-5-19(14-17)27-10-12-28(13-11-27)22(29)9-7-18-6-8-20(21(15-18)30-2)31-16-23(24,25)26/h3-6,8,14-15H,7,9-13,16H2,1-2H3. The number of hydrogen-bond acceptors (Lipinski definition) is 4. The Morgan fingerprint density at radius 3 is 2.42 bits per heavy atom. The van der Waals surface area contributed by atoms with Crippen molar-refractivity contribution in [3.05, 3.63) is 53.6 Å². The summed E-state index contributed by atoms with van der Waals surface area (Å²) in [5.41, 5.74) is 3.19. The van der Waals surface area contributed by atoms with Crippen LogP contribution in [0.2, 0.25) is 0 Å². The van der Waals surface area contributed by atoms with Crippen LogP contribution in [-0.4, -0.2) is 56.9 Å². The number of anilines is 1. The number of carbonyl (C=O) groups is 1. The van der Waals surface area contributed by atoms with Gasteiger partial charge in [-0.2, -0.15) is 13.2 Å². The third-order valence-electron chi connectivity index (χ3n) is 5.25. The van der Waals surface area contributed by atoms with Gasteiger partial charge in [-0.3, -0.25) is 4.79 Å². The summed E-state index contributed by atoms with van der Waals surface area (Å²) in [6.07, 6.45) is -3.61. The third kappa shape index (κ3) is 6.54. The van der Waals surface area contributed by atoms with Gasteiger partial charge in [0.2, 0.25) is 5.91 Å². The van der Waals surface area contributed by atoms with Gasteiger partial charge in [0.1, 0.15) is 0 Å². The average molecular weight is 436 g/mol. The minimum absolute atomic E-state index is 0.0298. The monoisotopic (exact) mass is 436 g/mol. The topological polar surface area (TPSA) is 42.0 Å². The summed E-state index contributed by atoms with van der Waals surface area (Å²) in [5, 5.41) is 0. The lowest BCUT2D eigenvalue weighted by Crippen LogP contribution is -2.48. The lowest BCUT2D eigenvalue weighted by atomic mass is 10.1. The van der Waals surface area contributed by atoms with E-state index in [0.717, 1.165) is 18.7 Å². The van der Waals surface area contributed by atoms with E-state index < -0.39 is 12.8 Å². The van der Waals surface area contributed by atoms with Crippen molar-refractivity contribution in [3.63, 3.8) is 0 Å². The van der Waals surface area contributed by atoms with Gasteiger partial charge in [-0.05, 0) is 48.7 Å². The number of piperazine rings is 1. The van der Waals surface area contributed by atoms with Crippen molar-refractivity contribution in [2.45, 2.75) is 25.9 Å². The van der Waals surface area contributed by atoms with Gasteiger partial charge in [0.25, 0.3) is 0 Å². The van der Waals surface area contributed by atoms with E-state index in [1.165, 1.54) is 24.4 Å². The first-order chi connectivity index (χ1) is 14.7. The molecular weight excluding hydrogens is 409 g/mol. The molecule has 5 nitrogen and oxygen atoms in total. The number of carbonyl (C=O) groups excluding carboxylic acids is 1. The molecule has 1 heterocycles. The molecule has 168 valence electrons. The van der Waals surface area contributed by atoms with Crippen LogP contribution in [0.5, 0.6) is 11.5 Å². The van der Waals surface area contributed by atoms with Crippen LogP contribution in [0.4, 0.5) is 18.9 Å². The zero-order chi connectivity index (χ0) is 22.4. The Morgan fingerprint density at radius 2 is 1.77 bits per heavy atom. The van der Waals surface area contributed by atoms with Crippen molar-refractivity contribution < 1.29 is 27.4 Å². The highest BCUT2D eigenvalue weighted by molar-refractivity contribution is 5.77. The zero-order valence-corrected chi connectivity index (χ0v) is 17.7. The third-order valence-corrected chi connectivity index (χ3v) is 5.25. The molecule has 8 heteroatoms. The summed E-state index contributed by atoms with van der Waals surface area (Å²) >= 11 is 0. The fourth-order valence-electron chi connectivity index (χ4n) is 3.59. The maximum Gasteiger partial charge on any atom is 0.422 e. The number of methoxy groups -OCH3 is 1. The van der Waals surface area contributed by atoms with Crippen LogP contribution in [0, 0.1) is 6.92 Å². The smallest absolute Gasteiger partial charge is 0.422 e. The van der Waals surface area contributed by atoms with Crippen LogP contribution >= 0.6 is 0 Å². The van der Waals surface area contributed by atoms with Crippen molar-refractivity contribution in [2.75, 3.05) is 44.8 Å². The van der Waals surface area contributed by atoms with Crippen molar-refractivity contribution in [3.8, 4) is 11.5 Å². The summed E-state index contributed by atoms with van der Waals surface area (Å²) in [6, 6.07) is 13.1. The number of ether oxygens (including phenoxy) is 2. The van der Waals surface area contributed by atoms with Crippen molar-refractivity contribution >= 4 is 11.6 Å². The Bertz CT molecular complexity index is 894. The first-order valence-electron chi connectivity index (χ1n) is 10.2. The van der Waals surface area contributed by atoms with Crippen LogP contribution in [-0.2, 0) is 11.2 Å². The molecule has 3 rings (SSSR count). The number of aryl methyl sites for hydroxylation is 2. The van der Waals surface area contributed by atoms with Gasteiger partial charge in [-0.25, -0.2) is 0 Å². The largest absolute Gasteiger partial charge is 0.493 e. The van der Waals surface area contributed by atoms with Crippen molar-refractivity contribution in [1.82, 2.24) is 4.90 Å². The van der Waals surface area contributed by atoms with E-state index in [0.29, 0.717) is 25.9 Å². The van der Waals surface area contributed by atoms with Crippen LogP contribution in [0.15, 0.2) is 42.5 Å². The van der Waals surface area contributed by atoms with E-state index in [1.807, 2.05) is 11.0 Å². The first-order valence-corrected chi connectivity index (χ1v) is 10.2. The van der Waals surface area contributed by atoms with Gasteiger partial charge >= 0.3 is 6.18 Å². The Labute approximate surface area is 180 Å². The van der Waals surface area contributed by atoms with Crippen LogP contribution in [0.25, 0.3) is 0 Å². The summed E-state index contributed by atoms with van der Waals surface area (Å²) in [5.74, 6) is 0.323. The fourth-order valence-corrected chi connectivity index (χ4v) is 3.59. The lowest BCUT2D eigenvalue weighted by Gasteiger charge is -2.36. The number of amides is 1. The molecule has 2 aromatic carbocycles. The minimum atomic E-state index is -4.42. The molecule has 1 amide bonds. The second-order valence-corrected chi connectivity index (χ2v) is 7.60. The van der Waals surface area contributed by atoms with E-state index in [-0.39, 0.29) is 17.4 Å². The van der Waals surface area contributed by atoms with Crippen LogP contribution < -0.4 is 14.4 Å². The van der Waals surface area contributed by atoms with Gasteiger partial charge in [0, 0.05) is 38.3 Å². The van der Waals surface area contributed by atoms with Gasteiger partial charge in [-0.1, -0.05) is 18.2 Å². The molecule has 0 saturated carbocycles. The Morgan fingerprint density at radius 1 is 1.03 bits per heavy atom. The van der Waals surface area contributed by atoms with Gasteiger partial charge in [-0.15, -0.1) is 0 Å². The molecule has 31 heavy (non-hydrogen) atoms. The average Bonchev–Trinajstić information content (AvgIpc) is 2.75. The molecule has 0 aliphatic carbocycles. The van der Waals surface area contributed by atoms with Gasteiger partial charge in [0.15, 0.2) is 18.1 Å². The molecule has 1 fully saturated rings. The maximum absolute atomic E-state index is 12.6. The SMILES string of the molecule is COc1cc(CCC(=O)N2CCN(c3cccc(C)c3)CC2)ccc1OCC(F)(F)F. The molecule has 0 aromatic heterocycles. The summed E-state index contributed by atoms with van der Waals surface area (Å²) in [7, 11) is 1.37. The highest BCUT2D eigenvalue weighted by atomic mass is 19.4. The predicted molar refractivity (Wildman–Crippen MR) is 113 cm³/mol. The maximum atomic E-state index is 12.6. The summed E-state index contributed by atoms with van der Waals surface area (Å²) < 4.78 is 47.0. The van der Waals surface area contributed by atoms with Gasteiger partial charge < -0.3 is 19.3 Å². The second kappa shape index (κ2) is 9.94. The molecule has 0 spiro atoms. The zero-order valence-electron chi connectivity index (χ0n) is 17.7. The van der Waals surface area contributed by atoms with Crippen molar-refractivity contribution in [1.29, 1.82) is 0 Å². The number of nitrogens with zero attached hydrogens (tertiary/aromatic N) is 2. The number of hydrogen-bond donors (Lipinski definition) is 0. The number of benzene rings is 2. The number of halogens is 3. The first kappa shape index (κ1) is 22.8. The van der Waals surface area contributed by atoms with E-state index in [2.05, 4.69) is 30.0 Å². The molecule has 1 aliphatic rings. The Balaban J connectivity index is 1.50. The highest BCUT2D eigenvalue weighted by Gasteiger charge is 2.29. The molecule has 0 bridgehead atoms. The molecule has 0 radical (unpaired) electrons. The minimum Gasteiger partial charge on any atom is -0.493 e. The summed E-state index contributed by atoms with van der Waals surface area (Å²) in [6.45, 7) is 3.59. The van der Waals surface area contributed by atoms with Crippen LogP contribution in [0.1, 0.15) is 17.5 Å². The molecular formula is C23H27F3N2O3. The van der Waals surface area contributed by atoms with Crippen LogP contribution in [0.3, 0.4) is 0 Å². The second-order valence-electron chi connectivity index (χ2n) is 7.60. The normalized spacial score (nSPS) is 14.5. The molecule has 0 N–H and O–H groups in total. The van der Waals surface area contributed by atoms with Crippen molar-refractivity contribution in [2.24, 2.45) is 0 Å². The summed E-state index contributed by atoms with van der Waals surface area (Å²) in [4.78, 5) is 16.8. The Kier molecular flexibility index (Phi) is 7.30. The number of rotatable bonds is 7. The lowest BCUT2D eigenvalue weighted by molar-refractivity contribution is -0.153. The quantitative estimate of drug-likeness (QED) is 0.652. The molecule has 1 saturated heterocycles. The molecule has 0 unspecified atom stereocenters. The van der Waals surface area contributed by atoms with E-state index in [9.17, 15) is 18.0 Å². The van der Waals surface area contributed by atoms with Gasteiger partial charge in [0.05, 0.1) is 7.11 Å². The molecule has 1 aliphatic heterocycles. The number of alkyl halides is 3. The van der Waals surface area contributed by atoms with E-state index in [4.69, 9.17) is 9.47 Å². The predicted octanol–water partition coefficient (Wildman–Crippen LogP) is 4.23. The highest BCUT2D eigenvalue weighted by Crippen LogP contribution is 2.30. The molecule has 0 atom stereocenters. The van der Waals surface area contributed by atoms with E-state index >= 15 is 0 Å². The fraction of sp³-hybridized carbons (Fsp3) is 0.435. The van der Waals surface area contributed by atoms with E-state index in [1.54, 1.807) is 12.1 Å². The Hall–Kier alpha value is -2.90.